The minimum absolute atomic E-state index is 0.184. The molecule has 1 heterocycles. The van der Waals surface area contributed by atoms with E-state index in [-0.39, 0.29) is 5.84 Å². The van der Waals surface area contributed by atoms with Crippen molar-refractivity contribution in [1.82, 2.24) is 0 Å². The molecule has 0 aliphatic carbocycles. The van der Waals surface area contributed by atoms with Crippen LogP contribution in [-0.2, 0) is 0 Å². The van der Waals surface area contributed by atoms with Crippen molar-refractivity contribution in [3.8, 4) is 0 Å². The number of hydrogen-bond donors (Lipinski definition) is 2. The molecule has 1 aliphatic rings. The van der Waals surface area contributed by atoms with E-state index in [9.17, 15) is 0 Å². The molecule has 110 valence electrons. The van der Waals surface area contributed by atoms with Gasteiger partial charge in [0.25, 0.3) is 0 Å². The van der Waals surface area contributed by atoms with E-state index in [4.69, 9.17) is 10.9 Å². The van der Waals surface area contributed by atoms with Gasteiger partial charge in [-0.1, -0.05) is 25.1 Å². The molecule has 0 aromatic heterocycles. The molecule has 1 fully saturated rings. The van der Waals surface area contributed by atoms with Crippen LogP contribution in [0.3, 0.4) is 0 Å². The Bertz CT molecular complexity index is 497. The van der Waals surface area contributed by atoms with E-state index < -0.39 is 0 Å². The smallest absolute Gasteiger partial charge is 0.173 e. The molecule has 1 aliphatic heterocycles. The lowest BCUT2D eigenvalue weighted by Gasteiger charge is -2.37. The monoisotopic (exact) mass is 311 g/mol. The molecule has 0 radical (unpaired) electrons. The van der Waals surface area contributed by atoms with Crippen molar-refractivity contribution in [2.45, 2.75) is 29.2 Å². The van der Waals surface area contributed by atoms with Crippen LogP contribution in [0.4, 0.5) is 5.69 Å². The number of amidine groups is 1. The van der Waals surface area contributed by atoms with Crippen molar-refractivity contribution in [1.29, 1.82) is 0 Å². The minimum atomic E-state index is 0.184. The Morgan fingerprint density at radius 3 is 2.60 bits per heavy atom. The molecule has 20 heavy (non-hydrogen) atoms. The molecule has 4 nitrogen and oxygen atoms in total. The van der Waals surface area contributed by atoms with Crippen molar-refractivity contribution in [2.75, 3.05) is 24.2 Å². The summed E-state index contributed by atoms with van der Waals surface area (Å²) in [6.45, 7) is 6.46. The van der Waals surface area contributed by atoms with Gasteiger partial charge in [-0.2, -0.15) is 11.8 Å². The van der Waals surface area contributed by atoms with Crippen molar-refractivity contribution < 1.29 is 5.21 Å². The first-order valence-corrected chi connectivity index (χ1v) is 8.78. The van der Waals surface area contributed by atoms with E-state index >= 15 is 0 Å². The lowest BCUT2D eigenvalue weighted by molar-refractivity contribution is 0.318. The predicted molar refractivity (Wildman–Crippen MR) is 89.5 cm³/mol. The second-order valence-electron chi connectivity index (χ2n) is 5.00. The minimum Gasteiger partial charge on any atom is -0.409 e. The highest BCUT2D eigenvalue weighted by Crippen LogP contribution is 2.34. The molecule has 0 saturated carbocycles. The van der Waals surface area contributed by atoms with Crippen LogP contribution in [-0.4, -0.2) is 40.9 Å². The van der Waals surface area contributed by atoms with Gasteiger partial charge in [0, 0.05) is 34.2 Å². The summed E-state index contributed by atoms with van der Waals surface area (Å²) in [6.07, 6.45) is 2.00. The molecule has 2 rings (SSSR count). The van der Waals surface area contributed by atoms with Crippen molar-refractivity contribution in [2.24, 2.45) is 10.9 Å². The molecule has 2 atom stereocenters. The van der Waals surface area contributed by atoms with E-state index in [2.05, 4.69) is 30.0 Å². The number of nitrogens with two attached hydrogens (primary N) is 1. The number of oxime groups is 1. The SMILES string of the molecule is CSc1cccc(N2CC(C)SC(C)C2)c1/C(N)=N/O. The fraction of sp³-hybridized carbons (Fsp3) is 0.500. The summed E-state index contributed by atoms with van der Waals surface area (Å²) in [4.78, 5) is 3.38. The highest BCUT2D eigenvalue weighted by molar-refractivity contribution is 8.00. The van der Waals surface area contributed by atoms with Gasteiger partial charge in [-0.15, -0.1) is 11.8 Å². The standard InChI is InChI=1S/C14H21N3OS2/c1-9-7-17(8-10(2)20-9)11-5-4-6-12(19-3)13(11)14(15)16-18/h4-6,9-10,18H,7-8H2,1-3H3,(H2,15,16). The molecule has 0 amide bonds. The summed E-state index contributed by atoms with van der Waals surface area (Å²) >= 11 is 3.63. The number of hydrogen-bond acceptors (Lipinski definition) is 5. The second-order valence-corrected chi connectivity index (χ2v) is 7.73. The Morgan fingerprint density at radius 2 is 2.05 bits per heavy atom. The van der Waals surface area contributed by atoms with E-state index in [1.165, 1.54) is 0 Å². The summed E-state index contributed by atoms with van der Waals surface area (Å²) < 4.78 is 0. The zero-order valence-electron chi connectivity index (χ0n) is 12.0. The van der Waals surface area contributed by atoms with Gasteiger partial charge in [-0.3, -0.25) is 0 Å². The third kappa shape index (κ3) is 3.17. The Labute approximate surface area is 128 Å². The maximum absolute atomic E-state index is 9.07. The summed E-state index contributed by atoms with van der Waals surface area (Å²) in [6, 6.07) is 6.10. The summed E-state index contributed by atoms with van der Waals surface area (Å²) in [7, 11) is 0. The fourth-order valence-corrected chi connectivity index (χ4v) is 4.59. The van der Waals surface area contributed by atoms with Crippen molar-refractivity contribution in [3.05, 3.63) is 23.8 Å². The molecule has 1 saturated heterocycles. The highest BCUT2D eigenvalue weighted by Gasteiger charge is 2.25. The van der Waals surface area contributed by atoms with Gasteiger partial charge in [0.05, 0.1) is 5.56 Å². The molecule has 1 aromatic carbocycles. The molecule has 0 spiro atoms. The lowest BCUT2D eigenvalue weighted by atomic mass is 10.1. The quantitative estimate of drug-likeness (QED) is 0.295. The van der Waals surface area contributed by atoms with Gasteiger partial charge in [-0.25, -0.2) is 0 Å². The van der Waals surface area contributed by atoms with Crippen LogP contribution < -0.4 is 10.6 Å². The number of benzene rings is 1. The molecule has 3 N–H and O–H groups in total. The first-order valence-electron chi connectivity index (χ1n) is 6.62. The molecule has 0 bridgehead atoms. The predicted octanol–water partition coefficient (Wildman–Crippen LogP) is 2.83. The van der Waals surface area contributed by atoms with Gasteiger partial charge in [0.1, 0.15) is 0 Å². The third-order valence-corrected chi connectivity index (χ3v) is 5.36. The van der Waals surface area contributed by atoms with Crippen molar-refractivity contribution in [3.63, 3.8) is 0 Å². The zero-order valence-corrected chi connectivity index (χ0v) is 13.7. The number of thioether (sulfide) groups is 2. The second kappa shape index (κ2) is 6.63. The first-order chi connectivity index (χ1) is 9.56. The van der Waals surface area contributed by atoms with Gasteiger partial charge < -0.3 is 15.8 Å². The largest absolute Gasteiger partial charge is 0.409 e. The van der Waals surface area contributed by atoms with Crippen LogP contribution in [0.25, 0.3) is 0 Å². The molecule has 6 heteroatoms. The van der Waals surface area contributed by atoms with Gasteiger partial charge in [0.2, 0.25) is 0 Å². The van der Waals surface area contributed by atoms with E-state index in [0.29, 0.717) is 10.5 Å². The highest BCUT2D eigenvalue weighted by atomic mass is 32.2. The Hall–Kier alpha value is -1.01. The third-order valence-electron chi connectivity index (χ3n) is 3.35. The van der Waals surface area contributed by atoms with Crippen LogP contribution in [0.1, 0.15) is 19.4 Å². The maximum Gasteiger partial charge on any atom is 0.173 e. The van der Waals surface area contributed by atoms with Crippen LogP contribution in [0.2, 0.25) is 0 Å². The number of rotatable bonds is 3. The summed E-state index contributed by atoms with van der Waals surface area (Å²) in [5, 5.41) is 13.4. The molecular formula is C14H21N3OS2. The van der Waals surface area contributed by atoms with E-state index in [0.717, 1.165) is 29.2 Å². The van der Waals surface area contributed by atoms with Gasteiger partial charge in [0.15, 0.2) is 5.84 Å². The lowest BCUT2D eigenvalue weighted by Crippen LogP contribution is -2.41. The maximum atomic E-state index is 9.07. The molecular weight excluding hydrogens is 290 g/mol. The van der Waals surface area contributed by atoms with Crippen LogP contribution in [0, 0.1) is 0 Å². The molecule has 2 unspecified atom stereocenters. The number of nitrogens with zero attached hydrogens (tertiary/aromatic N) is 2. The average Bonchev–Trinajstić information content (AvgIpc) is 2.44. The van der Waals surface area contributed by atoms with Crippen LogP contribution in [0.15, 0.2) is 28.3 Å². The molecule has 1 aromatic rings. The van der Waals surface area contributed by atoms with Crippen molar-refractivity contribution >= 4 is 35.0 Å². The van der Waals surface area contributed by atoms with Gasteiger partial charge >= 0.3 is 0 Å². The normalized spacial score (nSPS) is 23.9. The van der Waals surface area contributed by atoms with Crippen LogP contribution in [0.5, 0.6) is 0 Å². The summed E-state index contributed by atoms with van der Waals surface area (Å²) in [5.41, 5.74) is 7.80. The zero-order chi connectivity index (χ0) is 14.7. The van der Waals surface area contributed by atoms with Crippen LogP contribution >= 0.6 is 23.5 Å². The fourth-order valence-electron chi connectivity index (χ4n) is 2.64. The number of anilines is 1. The van der Waals surface area contributed by atoms with E-state index in [1.807, 2.05) is 30.2 Å². The first kappa shape index (κ1) is 15.4. The van der Waals surface area contributed by atoms with E-state index in [1.54, 1.807) is 11.8 Å². The topological polar surface area (TPSA) is 61.8 Å². The Balaban J connectivity index is 2.45. The average molecular weight is 311 g/mol. The Kier molecular flexibility index (Phi) is 5.10. The van der Waals surface area contributed by atoms with Gasteiger partial charge in [-0.05, 0) is 18.4 Å². The Morgan fingerprint density at radius 1 is 1.40 bits per heavy atom. The summed E-state index contributed by atoms with van der Waals surface area (Å²) in [5.74, 6) is 0.184.